The molecule has 10 aromatic rings. The van der Waals surface area contributed by atoms with Crippen molar-refractivity contribution in [3.8, 4) is 0 Å². The largest absolute Gasteiger partial charge is 2.00 e. The summed E-state index contributed by atoms with van der Waals surface area (Å²) in [6, 6.07) is 20.4. The number of fused-ring (bicyclic) bond motifs is 4. The number of piperazine rings is 2. The van der Waals surface area contributed by atoms with E-state index in [0.717, 1.165) is 110 Å². The molecule has 17 rings (SSSR count). The van der Waals surface area contributed by atoms with Crippen LogP contribution in [0, 0.1) is 42.6 Å². The van der Waals surface area contributed by atoms with Crippen LogP contribution in [0.4, 0.5) is 30.3 Å². The number of piperidine rings is 5. The number of hydrazine groups is 1. The van der Waals surface area contributed by atoms with Gasteiger partial charge < -0.3 is 70.2 Å². The van der Waals surface area contributed by atoms with Crippen LogP contribution in [0.1, 0.15) is 178 Å². The Morgan fingerprint density at radius 3 is 1.25 bits per heavy atom. The molecule has 0 bridgehead atoms. The van der Waals surface area contributed by atoms with Crippen LogP contribution in [-0.2, 0) is 63.4 Å². The molecule has 17 heterocycles. The monoisotopic (exact) mass is 2570 g/mol. The van der Waals surface area contributed by atoms with Gasteiger partial charge >= 0.3 is 61.5 Å². The van der Waals surface area contributed by atoms with Gasteiger partial charge in [-0.1, -0.05) is 52.4 Å². The summed E-state index contributed by atoms with van der Waals surface area (Å²) in [5.41, 5.74) is 15.3. The molecular weight excluding hydrogens is 2440 g/mol. The minimum absolute atomic E-state index is 0. The van der Waals surface area contributed by atoms with Gasteiger partial charge in [0.1, 0.15) is 34.7 Å². The zero-order chi connectivity index (χ0) is 99.6. The first-order chi connectivity index (χ1) is 64.1. The molecule has 139 heavy (non-hydrogen) atoms. The van der Waals surface area contributed by atoms with Gasteiger partial charge in [0.15, 0.2) is 22.6 Å². The number of ether oxygens (including phenoxy) is 3. The Bertz CT molecular complexity index is 5920. The van der Waals surface area contributed by atoms with Crippen LogP contribution in [0.2, 0.25) is 0 Å². The number of aromatic nitrogens is 14. The predicted octanol–water partition coefficient (Wildman–Crippen LogP) is 10.5. The number of nitrogens with two attached hydrogens (primary N) is 1. The van der Waals surface area contributed by atoms with Gasteiger partial charge in [-0.15, -0.1) is 22.6 Å². The zero-order valence-electron chi connectivity index (χ0n) is 80.3. The summed E-state index contributed by atoms with van der Waals surface area (Å²) in [5, 5.41) is 34.5. The molecule has 7 fully saturated rings. The third-order valence-corrected chi connectivity index (χ3v) is 23.0. The van der Waals surface area contributed by atoms with Crippen molar-refractivity contribution in [2.24, 2.45) is 5.84 Å². The van der Waals surface area contributed by atoms with Crippen molar-refractivity contribution in [1.29, 1.82) is 11.1 Å². The summed E-state index contributed by atoms with van der Waals surface area (Å²) in [6.45, 7) is 30.2. The van der Waals surface area contributed by atoms with Crippen molar-refractivity contribution in [1.82, 2.24) is 109 Å². The molecule has 0 aromatic carbocycles. The van der Waals surface area contributed by atoms with E-state index < -0.39 is 46.7 Å². The number of carbonyl (C=O) groups is 9. The molecule has 3 unspecified atom stereocenters. The number of alkyl halides is 2. The normalized spacial score (nSPS) is 16.9. The summed E-state index contributed by atoms with van der Waals surface area (Å²) in [5.74, 6) is 3.97. The van der Waals surface area contributed by atoms with Crippen LogP contribution >= 0.6 is 119 Å². The van der Waals surface area contributed by atoms with E-state index in [4.69, 9.17) is 32.5 Å². The van der Waals surface area contributed by atoms with Crippen LogP contribution < -0.4 is 65.5 Å². The van der Waals surface area contributed by atoms with Gasteiger partial charge in [-0.2, -0.15) is 24.0 Å². The molecule has 0 spiro atoms. The number of rotatable bonds is 6. The maximum Gasteiger partial charge on any atom is 2.00 e. The van der Waals surface area contributed by atoms with Gasteiger partial charge in [0.05, 0.1) is 4.83 Å². The Morgan fingerprint density at radius 1 is 0.511 bits per heavy atom. The molecule has 10 aromatic heterocycles. The van der Waals surface area contributed by atoms with Crippen molar-refractivity contribution in [3.63, 3.8) is 0 Å². The van der Waals surface area contributed by atoms with Crippen LogP contribution in [0.3, 0.4) is 0 Å². The Kier molecular flexibility index (Phi) is 54.0. The summed E-state index contributed by atoms with van der Waals surface area (Å²) >= 11 is 11.5. The molecule has 0 aliphatic carbocycles. The number of imide groups is 3. The van der Waals surface area contributed by atoms with Crippen molar-refractivity contribution < 1.29 is 90.4 Å². The number of H-pyrrole nitrogens is 2. The van der Waals surface area contributed by atoms with Gasteiger partial charge in [0.2, 0.25) is 29.6 Å². The zero-order valence-corrected chi connectivity index (χ0v) is 91.9. The molecule has 14 N–H and O–H groups in total. The minimum Gasteiger partial charge on any atom is -0.444 e. The number of pyridine rings is 6. The molecule has 52 heteroatoms. The standard InChI is InChI=1S/C21H27N5O5.C16H22N4O3.C15H18N6O3.C9H18N2O2.C6H4IN3O.C5H6BrNO2.C5H3FIN.C5H6IN3.C2H6.CH3I.2CH3.ClH.H2N2.H2O.Pd.H2/c1-21(2,3)31-20(30)24-9-6-13(7-10-24)14-8-11-25-16(12-14)23-26(19(25)29)15-4-5-17(27)22-18(15)28;1-16(2,3)23-15(22)19-7-4-11(5-8-19)12-6-9-20-13(10-12)17-18-14(20)21;22-13-2-1-11(14(23)17-13)21-15(24)20-6-3-10(9-12(20)18-21)19-7-4-16-5-8-19;1-9(2,3)13-8(12)11-6-4-10-5-7-11;7-4-1-2-10-5(3-4)8-9-6(10)11;6-3-1-2-4(8)7-5(3)9;6-5-3-4(7)1-2-8-5;6-4-1-2-8-5(3-4)9-7;2*1-2;;;;1-2;;;/h8,11-13,15H,4-7,9-10H2,1-3H3,(H,22,27,28);6,9-11H,4-5,7-8H2,1-3H3,(H,18,21);3,6,9,11,16H,1-2,4-5,7-8H2,(H,17,22,23);10H,4-7H2,1-3H3;1-3H,(H,9,11);3H,1-2H2,(H,7,8,9);1-3H;1-3H,7H2,(H,8,9);1-2H3;1H3;2*1H3;1H;1-2H;1H2;;1H/q;;;;;;;;;;2*-1;;;;+2;/i;;;;;;;;;1D;;;;;;;. The number of anilines is 2. The van der Waals surface area contributed by atoms with Crippen LogP contribution in [0.5, 0.6) is 0 Å². The molecule has 7 aliphatic rings. The number of nitrogens with zero attached hydrogens (tertiary/aromatic N) is 16. The van der Waals surface area contributed by atoms with Crippen molar-refractivity contribution in [3.05, 3.63) is 195 Å². The molecule has 44 nitrogen and oxygen atoms in total. The predicted molar refractivity (Wildman–Crippen MR) is 561 cm³/mol. The summed E-state index contributed by atoms with van der Waals surface area (Å²) < 4.78 is 45.5. The van der Waals surface area contributed by atoms with Gasteiger partial charge in [-0.25, -0.2) is 70.6 Å². The Balaban J connectivity index is 0.000000826. The summed E-state index contributed by atoms with van der Waals surface area (Å²) in [6.07, 6.45) is 14.5. The third kappa shape index (κ3) is 39.4. The fourth-order valence-electron chi connectivity index (χ4n) is 13.8. The maximum absolute atomic E-state index is 12.7. The second kappa shape index (κ2) is 60.7. The molecule has 0 saturated carbocycles. The molecule has 7 aliphatic heterocycles. The fraction of sp³-hybridized carbons (Fsp3) is 0.483. The number of likely N-dealkylation sites (tertiary alicyclic amines) is 2. The number of aromatic amines is 2. The average Bonchev–Trinajstić information content (AvgIpc) is 1.63. The van der Waals surface area contributed by atoms with Crippen LogP contribution in [0.15, 0.2) is 129 Å². The number of hydrogen-bond donors (Lipinski definition) is 11. The maximum atomic E-state index is 12.7. The summed E-state index contributed by atoms with van der Waals surface area (Å²) in [7, 11) is 0. The fourth-order valence-corrected chi connectivity index (χ4v) is 15.5. The Hall–Kier alpha value is -9.47. The van der Waals surface area contributed by atoms with E-state index in [9.17, 15) is 66.7 Å². The van der Waals surface area contributed by atoms with Crippen molar-refractivity contribution in [2.75, 3.05) is 93.8 Å². The van der Waals surface area contributed by atoms with E-state index in [1.807, 2.05) is 182 Å². The van der Waals surface area contributed by atoms with Crippen LogP contribution in [-0.4, -0.2) is 246 Å². The number of halogens is 7. The van der Waals surface area contributed by atoms with Gasteiger partial charge in [0, 0.05) is 166 Å². The SMILES string of the molecule is CC.CC(C)(C)OC(=O)N1CCC(c2ccn3c(=O)[nH]nc3c2)CC1.CC(C)(C)OC(=O)N1CCC(c2ccn3c(=O)n(C4CCC(=O)NC4=O)nc3c2)CC1.CC(C)(C)OC(=O)N1CCNCC1.Cl.Fc1cc(I)ccn1.N=N.NNc1cc(I)ccn1.O.O=C1CCC(Br)C(=O)N1.O=C1CCC(n2nc3cc(N4CCNCC4)ccn3c2=O)C(=O)N1.O=c1[nH]nc2cc(I)ccn12.[2H]CI.[CH3-].[CH3-].[HH].[Pd+2]. The Labute approximate surface area is 889 Å². The molecule has 0 radical (unpaired) electrons. The van der Waals surface area contributed by atoms with E-state index in [1.165, 1.54) is 34.5 Å². The van der Waals surface area contributed by atoms with E-state index in [-0.39, 0.29) is 149 Å². The Morgan fingerprint density at radius 2 is 0.871 bits per heavy atom. The van der Waals surface area contributed by atoms with E-state index in [0.29, 0.717) is 84.7 Å². The minimum atomic E-state index is -0.786. The molecule has 770 valence electrons. The number of hydrogen-bond acceptors (Lipinski definition) is 29. The number of nitrogen functional groups attached to an aromatic ring is 1. The first kappa shape index (κ1) is 124. The van der Waals surface area contributed by atoms with E-state index in [2.05, 4.69) is 139 Å². The first-order valence-corrected chi connectivity index (χ1v) is 48.5. The summed E-state index contributed by atoms with van der Waals surface area (Å²) in [4.78, 5) is 166. The smallest absolute Gasteiger partial charge is 0.444 e. The van der Waals surface area contributed by atoms with Crippen LogP contribution in [0.25, 0.3) is 22.6 Å². The van der Waals surface area contributed by atoms with Gasteiger partial charge in [-0.05, 0) is 264 Å². The van der Waals surface area contributed by atoms with Crippen molar-refractivity contribution >= 4 is 207 Å². The average molecular weight is 2570 g/mol. The number of carbonyl (C=O) groups excluding carboxylic acids is 9. The molecule has 9 amide bonds. The molecular formula is C87H126BrClFI4N27O17Pd. The number of amides is 9. The van der Waals surface area contributed by atoms with E-state index in [1.54, 1.807) is 51.8 Å². The third-order valence-electron chi connectivity index (χ3n) is 20.2. The number of nitrogens with one attached hydrogen (secondary N) is 10. The van der Waals surface area contributed by atoms with Gasteiger partial charge in [0.25, 0.3) is 11.8 Å². The quantitative estimate of drug-likeness (QED) is 0.00704. The second-order valence-electron chi connectivity index (χ2n) is 33.2. The van der Waals surface area contributed by atoms with E-state index >= 15 is 0 Å². The first-order valence-electron chi connectivity index (χ1n) is 43.5. The second-order valence-corrected chi connectivity index (χ2v) is 38.0. The molecule has 7 saturated heterocycles. The van der Waals surface area contributed by atoms with Gasteiger partial charge in [-0.3, -0.25) is 62.3 Å². The molecule has 3 atom stereocenters. The van der Waals surface area contributed by atoms with Crippen molar-refractivity contribution in [2.45, 2.75) is 186 Å². The topological polar surface area (TPSA) is 576 Å².